The maximum atomic E-state index is 12.7. The predicted octanol–water partition coefficient (Wildman–Crippen LogP) is 5.30. The average Bonchev–Trinajstić information content (AvgIpc) is 3.43. The second-order valence-corrected chi connectivity index (χ2v) is 9.43. The number of carbonyl (C=O) groups excluding carboxylic acids is 4. The molecule has 1 N–H and O–H groups in total. The smallest absolute Gasteiger partial charge is 0.341 e. The van der Waals surface area contributed by atoms with Crippen LogP contribution in [0.5, 0.6) is 0 Å². The summed E-state index contributed by atoms with van der Waals surface area (Å²) < 4.78 is 5.17. The van der Waals surface area contributed by atoms with Crippen LogP contribution in [0.2, 0.25) is 0 Å². The van der Waals surface area contributed by atoms with Crippen molar-refractivity contribution in [2.45, 2.75) is 32.6 Å². The van der Waals surface area contributed by atoms with Crippen LogP contribution in [0.3, 0.4) is 0 Å². The van der Waals surface area contributed by atoms with Crippen molar-refractivity contribution in [3.05, 3.63) is 80.7 Å². The Morgan fingerprint density at radius 1 is 1.00 bits per heavy atom. The quantitative estimate of drug-likeness (QED) is 0.116. The summed E-state index contributed by atoms with van der Waals surface area (Å²) in [6.45, 7) is 2.07. The van der Waals surface area contributed by atoms with Gasteiger partial charge in [-0.2, -0.15) is 0 Å². The van der Waals surface area contributed by atoms with Crippen molar-refractivity contribution in [3.63, 3.8) is 0 Å². The number of non-ortho nitro benzene ring substituents is 1. The maximum Gasteiger partial charge on any atom is 0.341 e. The number of hydrogen-bond acceptors (Lipinski definition) is 8. The van der Waals surface area contributed by atoms with Crippen molar-refractivity contribution in [2.75, 3.05) is 18.5 Å². The first kappa shape index (κ1) is 26.7. The van der Waals surface area contributed by atoms with Crippen LogP contribution in [0.25, 0.3) is 11.1 Å². The van der Waals surface area contributed by atoms with Crippen LogP contribution in [-0.2, 0) is 9.53 Å². The zero-order chi connectivity index (χ0) is 27.2. The predicted molar refractivity (Wildman–Crippen MR) is 141 cm³/mol. The highest BCUT2D eigenvalue weighted by molar-refractivity contribution is 7.15. The van der Waals surface area contributed by atoms with Gasteiger partial charge in [0.05, 0.1) is 22.7 Å². The summed E-state index contributed by atoms with van der Waals surface area (Å²) in [7, 11) is 0. The zero-order valence-electron chi connectivity index (χ0n) is 20.6. The van der Waals surface area contributed by atoms with E-state index in [9.17, 15) is 29.3 Å². The number of thiophene rings is 1. The van der Waals surface area contributed by atoms with Crippen LogP contribution in [-0.4, -0.2) is 46.7 Å². The monoisotopic (exact) mass is 535 g/mol. The van der Waals surface area contributed by atoms with Crippen LogP contribution < -0.4 is 5.32 Å². The normalized spacial score (nSPS) is 12.4. The third kappa shape index (κ3) is 5.62. The summed E-state index contributed by atoms with van der Waals surface area (Å²) in [5.74, 6) is -1.53. The van der Waals surface area contributed by atoms with Gasteiger partial charge in [-0.1, -0.05) is 30.7 Å². The SMILES string of the molecule is CCOC(=O)c1c(-c2cccc([N+](=O)[O-])c2)csc1NC(=O)CCCCCN1C(=O)c2ccccc2C1=O. The van der Waals surface area contributed by atoms with Gasteiger partial charge in [0.2, 0.25) is 5.91 Å². The summed E-state index contributed by atoms with van der Waals surface area (Å²) in [4.78, 5) is 62.2. The molecule has 38 heavy (non-hydrogen) atoms. The molecule has 1 aliphatic rings. The van der Waals surface area contributed by atoms with E-state index in [0.29, 0.717) is 46.5 Å². The molecule has 11 heteroatoms. The molecule has 4 rings (SSSR count). The summed E-state index contributed by atoms with van der Waals surface area (Å²) in [5.41, 5.74) is 1.76. The Labute approximate surface area is 222 Å². The van der Waals surface area contributed by atoms with E-state index in [1.54, 1.807) is 42.6 Å². The molecule has 0 saturated heterocycles. The van der Waals surface area contributed by atoms with Gasteiger partial charge in [-0.05, 0) is 37.5 Å². The fraction of sp³-hybridized carbons (Fsp3) is 0.259. The molecule has 1 aliphatic heterocycles. The molecular formula is C27H25N3O7S. The fourth-order valence-corrected chi connectivity index (χ4v) is 5.19. The summed E-state index contributed by atoms with van der Waals surface area (Å²) in [6, 6.07) is 12.6. The molecular weight excluding hydrogens is 510 g/mol. The molecule has 3 amide bonds. The fourth-order valence-electron chi connectivity index (χ4n) is 4.22. The van der Waals surface area contributed by atoms with Gasteiger partial charge in [-0.25, -0.2) is 4.79 Å². The third-order valence-electron chi connectivity index (χ3n) is 6.06. The van der Waals surface area contributed by atoms with E-state index in [1.165, 1.54) is 23.1 Å². The Morgan fingerprint density at radius 3 is 2.37 bits per heavy atom. The number of esters is 1. The van der Waals surface area contributed by atoms with E-state index in [0.717, 1.165) is 11.3 Å². The molecule has 0 radical (unpaired) electrons. The van der Waals surface area contributed by atoms with E-state index < -0.39 is 10.9 Å². The summed E-state index contributed by atoms with van der Waals surface area (Å²) >= 11 is 1.14. The highest BCUT2D eigenvalue weighted by Gasteiger charge is 2.34. The number of nitrogens with zero attached hydrogens (tertiary/aromatic N) is 2. The molecule has 2 aromatic carbocycles. The minimum absolute atomic E-state index is 0.115. The van der Waals surface area contributed by atoms with E-state index in [1.807, 2.05) is 0 Å². The molecule has 0 fully saturated rings. The average molecular weight is 536 g/mol. The number of unbranched alkanes of at least 4 members (excludes halogenated alkanes) is 2. The highest BCUT2D eigenvalue weighted by Crippen LogP contribution is 2.37. The number of fused-ring (bicyclic) bond motifs is 1. The lowest BCUT2D eigenvalue weighted by Gasteiger charge is -2.13. The van der Waals surface area contributed by atoms with Crippen molar-refractivity contribution >= 4 is 45.7 Å². The Balaban J connectivity index is 1.35. The summed E-state index contributed by atoms with van der Waals surface area (Å²) in [5, 5.41) is 15.9. The van der Waals surface area contributed by atoms with Gasteiger partial charge in [-0.3, -0.25) is 29.4 Å². The van der Waals surface area contributed by atoms with Crippen molar-refractivity contribution in [2.24, 2.45) is 0 Å². The lowest BCUT2D eigenvalue weighted by Crippen LogP contribution is -2.30. The molecule has 10 nitrogen and oxygen atoms in total. The molecule has 1 aromatic heterocycles. The van der Waals surface area contributed by atoms with Crippen molar-refractivity contribution in [3.8, 4) is 11.1 Å². The largest absolute Gasteiger partial charge is 0.462 e. The van der Waals surface area contributed by atoms with Gasteiger partial charge in [0.1, 0.15) is 10.6 Å². The number of nitro groups is 1. The van der Waals surface area contributed by atoms with Gasteiger partial charge < -0.3 is 10.1 Å². The van der Waals surface area contributed by atoms with Gasteiger partial charge in [0.25, 0.3) is 17.5 Å². The number of imide groups is 1. The lowest BCUT2D eigenvalue weighted by molar-refractivity contribution is -0.384. The number of nitro benzene ring substituents is 1. The van der Waals surface area contributed by atoms with Crippen LogP contribution >= 0.6 is 11.3 Å². The molecule has 0 aliphatic carbocycles. The van der Waals surface area contributed by atoms with E-state index in [4.69, 9.17) is 4.74 Å². The zero-order valence-corrected chi connectivity index (χ0v) is 21.4. The number of rotatable bonds is 11. The number of benzene rings is 2. The maximum absolute atomic E-state index is 12.7. The van der Waals surface area contributed by atoms with Crippen molar-refractivity contribution in [1.29, 1.82) is 0 Å². The van der Waals surface area contributed by atoms with E-state index in [2.05, 4.69) is 5.32 Å². The van der Waals surface area contributed by atoms with Gasteiger partial charge in [-0.15, -0.1) is 11.3 Å². The van der Waals surface area contributed by atoms with Gasteiger partial charge >= 0.3 is 5.97 Å². The lowest BCUT2D eigenvalue weighted by atomic mass is 10.0. The first-order valence-electron chi connectivity index (χ1n) is 12.1. The third-order valence-corrected chi connectivity index (χ3v) is 6.95. The molecule has 0 atom stereocenters. The summed E-state index contributed by atoms with van der Waals surface area (Å²) in [6.07, 6.45) is 1.87. The molecule has 3 aromatic rings. The van der Waals surface area contributed by atoms with Gasteiger partial charge in [0, 0.05) is 36.0 Å². The number of nitrogens with one attached hydrogen (secondary N) is 1. The number of carbonyl (C=O) groups is 4. The number of anilines is 1. The molecule has 0 saturated carbocycles. The molecule has 0 unspecified atom stereocenters. The van der Waals surface area contributed by atoms with Crippen LogP contribution in [0.4, 0.5) is 10.7 Å². The topological polar surface area (TPSA) is 136 Å². The van der Waals surface area contributed by atoms with E-state index >= 15 is 0 Å². The molecule has 0 bridgehead atoms. The number of ether oxygens (including phenoxy) is 1. The van der Waals surface area contributed by atoms with Crippen LogP contribution in [0, 0.1) is 10.1 Å². The second-order valence-electron chi connectivity index (χ2n) is 8.55. The molecule has 0 spiro atoms. The Hall–Kier alpha value is -4.38. The Bertz CT molecular complexity index is 1380. The number of amides is 3. The van der Waals surface area contributed by atoms with Crippen molar-refractivity contribution < 1.29 is 28.8 Å². The van der Waals surface area contributed by atoms with Crippen LogP contribution in [0.15, 0.2) is 53.9 Å². The first-order valence-corrected chi connectivity index (χ1v) is 13.0. The molecule has 196 valence electrons. The standard InChI is InChI=1S/C27H25N3O7S/c1-2-37-27(34)23-21(17-9-8-10-18(15-17)30(35)36)16-38-24(23)28-22(31)13-4-3-7-14-29-25(32)19-11-5-6-12-20(19)26(29)33/h5-6,8-12,15-16H,2-4,7,13-14H2,1H3,(H,28,31). The van der Waals surface area contributed by atoms with Crippen molar-refractivity contribution in [1.82, 2.24) is 4.90 Å². The van der Waals surface area contributed by atoms with E-state index in [-0.39, 0.29) is 48.5 Å². The minimum Gasteiger partial charge on any atom is -0.462 e. The van der Waals surface area contributed by atoms with Gasteiger partial charge in [0.15, 0.2) is 0 Å². The Kier molecular flexibility index (Phi) is 8.27. The molecule has 2 heterocycles. The number of hydrogen-bond donors (Lipinski definition) is 1. The minimum atomic E-state index is -0.633. The highest BCUT2D eigenvalue weighted by atomic mass is 32.1. The Morgan fingerprint density at radius 2 is 1.71 bits per heavy atom. The second kappa shape index (κ2) is 11.8. The first-order chi connectivity index (χ1) is 18.3. The van der Waals surface area contributed by atoms with Crippen LogP contribution in [0.1, 0.15) is 63.7 Å².